The van der Waals surface area contributed by atoms with Crippen molar-refractivity contribution in [2.75, 3.05) is 0 Å². The van der Waals surface area contributed by atoms with E-state index in [4.69, 9.17) is 4.42 Å². The van der Waals surface area contributed by atoms with E-state index in [1.54, 1.807) is 6.07 Å². The van der Waals surface area contributed by atoms with Gasteiger partial charge in [-0.2, -0.15) is 0 Å². The number of halogens is 1. The first-order valence-corrected chi connectivity index (χ1v) is 6.39. The maximum Gasteiger partial charge on any atom is 0.287 e. The molecule has 2 aromatic rings. The Balaban J connectivity index is 2.27. The number of furan rings is 1. The topological polar surface area (TPSA) is 42.2 Å². The minimum atomic E-state index is -0.160. The van der Waals surface area contributed by atoms with Crippen LogP contribution in [-0.4, -0.2) is 11.9 Å². The van der Waals surface area contributed by atoms with E-state index < -0.39 is 0 Å². The molecule has 0 saturated carbocycles. The molecule has 0 saturated heterocycles. The highest BCUT2D eigenvalue weighted by molar-refractivity contribution is 9.10. The van der Waals surface area contributed by atoms with Crippen molar-refractivity contribution >= 4 is 32.8 Å². The second-order valence-corrected chi connectivity index (χ2v) is 4.99. The Hall–Kier alpha value is -1.29. The van der Waals surface area contributed by atoms with Gasteiger partial charge in [0.25, 0.3) is 5.91 Å². The van der Waals surface area contributed by atoms with Crippen LogP contribution < -0.4 is 5.32 Å². The summed E-state index contributed by atoms with van der Waals surface area (Å²) in [6.07, 6.45) is 0.900. The van der Waals surface area contributed by atoms with E-state index >= 15 is 0 Å². The molecule has 4 heteroatoms. The lowest BCUT2D eigenvalue weighted by molar-refractivity contribution is 0.0913. The molecule has 90 valence electrons. The van der Waals surface area contributed by atoms with Crippen LogP contribution in [0.5, 0.6) is 0 Å². The van der Waals surface area contributed by atoms with Gasteiger partial charge in [0.2, 0.25) is 0 Å². The van der Waals surface area contributed by atoms with Gasteiger partial charge in [-0.1, -0.05) is 22.9 Å². The van der Waals surface area contributed by atoms with Crippen LogP contribution in [0.15, 0.2) is 33.2 Å². The molecule has 0 aliphatic rings. The second-order valence-electron chi connectivity index (χ2n) is 4.08. The number of hydrogen-bond acceptors (Lipinski definition) is 2. The second kappa shape index (κ2) is 4.92. The fraction of sp³-hybridized carbons (Fsp3) is 0.308. The van der Waals surface area contributed by atoms with Crippen LogP contribution in [0, 0.1) is 0 Å². The number of hydrogen-bond donors (Lipinski definition) is 1. The van der Waals surface area contributed by atoms with Crippen LogP contribution in [0.3, 0.4) is 0 Å². The van der Waals surface area contributed by atoms with E-state index in [1.807, 2.05) is 32.0 Å². The molecule has 0 fully saturated rings. The molecule has 17 heavy (non-hydrogen) atoms. The maximum absolute atomic E-state index is 11.9. The largest absolute Gasteiger partial charge is 0.451 e. The van der Waals surface area contributed by atoms with Crippen molar-refractivity contribution in [2.24, 2.45) is 0 Å². The zero-order chi connectivity index (χ0) is 12.4. The molecule has 1 atom stereocenters. The van der Waals surface area contributed by atoms with Crippen molar-refractivity contribution in [1.82, 2.24) is 5.32 Å². The summed E-state index contributed by atoms with van der Waals surface area (Å²) in [5.74, 6) is 0.199. The molecule has 1 unspecified atom stereocenters. The maximum atomic E-state index is 11.9. The Morgan fingerprint density at radius 1 is 1.47 bits per heavy atom. The zero-order valence-electron chi connectivity index (χ0n) is 9.79. The number of fused-ring (bicyclic) bond motifs is 1. The fourth-order valence-corrected chi connectivity index (χ4v) is 1.90. The average Bonchev–Trinajstić information content (AvgIpc) is 2.71. The number of rotatable bonds is 3. The standard InChI is InChI=1S/C13H14BrNO2/c1-3-8(2)15-13(16)12-7-9-6-10(14)4-5-11(9)17-12/h4-8H,3H2,1-2H3,(H,15,16). The molecule has 1 amide bonds. The van der Waals surface area contributed by atoms with Gasteiger partial charge in [-0.3, -0.25) is 4.79 Å². The highest BCUT2D eigenvalue weighted by Gasteiger charge is 2.13. The summed E-state index contributed by atoms with van der Waals surface area (Å²) in [7, 11) is 0. The van der Waals surface area contributed by atoms with Crippen molar-refractivity contribution < 1.29 is 9.21 Å². The third-order valence-corrected chi connectivity index (χ3v) is 3.19. The first kappa shape index (κ1) is 12.2. The minimum Gasteiger partial charge on any atom is -0.451 e. The van der Waals surface area contributed by atoms with Gasteiger partial charge in [-0.15, -0.1) is 0 Å². The van der Waals surface area contributed by atoms with Gasteiger partial charge in [-0.25, -0.2) is 0 Å². The van der Waals surface area contributed by atoms with Gasteiger partial charge in [0.05, 0.1) is 0 Å². The Bertz CT molecular complexity index is 547. The summed E-state index contributed by atoms with van der Waals surface area (Å²) in [5.41, 5.74) is 0.725. The third-order valence-electron chi connectivity index (χ3n) is 2.69. The van der Waals surface area contributed by atoms with Gasteiger partial charge in [0.1, 0.15) is 5.58 Å². The van der Waals surface area contributed by atoms with Crippen molar-refractivity contribution in [1.29, 1.82) is 0 Å². The number of carbonyl (C=O) groups is 1. The molecule has 0 aliphatic carbocycles. The van der Waals surface area contributed by atoms with Crippen LogP contribution in [-0.2, 0) is 0 Å². The molecule has 1 aromatic carbocycles. The number of benzene rings is 1. The predicted molar refractivity (Wildman–Crippen MR) is 71.1 cm³/mol. The van der Waals surface area contributed by atoms with Crippen molar-refractivity contribution in [3.63, 3.8) is 0 Å². The lowest BCUT2D eigenvalue weighted by atomic mass is 10.2. The number of nitrogens with one attached hydrogen (secondary N) is 1. The molecule has 1 N–H and O–H groups in total. The van der Waals surface area contributed by atoms with E-state index in [9.17, 15) is 4.79 Å². The van der Waals surface area contributed by atoms with Gasteiger partial charge in [-0.05, 0) is 37.6 Å². The molecule has 0 aliphatic heterocycles. The van der Waals surface area contributed by atoms with Gasteiger partial charge in [0, 0.05) is 15.9 Å². The summed E-state index contributed by atoms with van der Waals surface area (Å²) in [5, 5.41) is 3.80. The van der Waals surface area contributed by atoms with Crippen molar-refractivity contribution in [2.45, 2.75) is 26.3 Å². The average molecular weight is 296 g/mol. The van der Waals surface area contributed by atoms with Crippen LogP contribution in [0.4, 0.5) is 0 Å². The molecular weight excluding hydrogens is 282 g/mol. The van der Waals surface area contributed by atoms with Crippen molar-refractivity contribution in [3.05, 3.63) is 34.5 Å². The highest BCUT2D eigenvalue weighted by Crippen LogP contribution is 2.23. The van der Waals surface area contributed by atoms with Gasteiger partial charge < -0.3 is 9.73 Å². The SMILES string of the molecule is CCC(C)NC(=O)c1cc2cc(Br)ccc2o1. The minimum absolute atomic E-state index is 0.155. The number of amides is 1. The summed E-state index contributed by atoms with van der Waals surface area (Å²) < 4.78 is 6.47. The first-order valence-electron chi connectivity index (χ1n) is 5.60. The highest BCUT2D eigenvalue weighted by atomic mass is 79.9. The molecule has 1 aromatic heterocycles. The summed E-state index contributed by atoms with van der Waals surface area (Å²) in [6.45, 7) is 4.00. The monoisotopic (exact) mass is 295 g/mol. The van der Waals surface area contributed by atoms with Crippen LogP contribution in [0.1, 0.15) is 30.8 Å². The summed E-state index contributed by atoms with van der Waals surface area (Å²) in [4.78, 5) is 11.9. The predicted octanol–water partition coefficient (Wildman–Crippen LogP) is 3.72. The van der Waals surface area contributed by atoms with E-state index in [0.29, 0.717) is 5.76 Å². The molecule has 0 bridgehead atoms. The Morgan fingerprint density at radius 2 is 2.24 bits per heavy atom. The molecule has 2 rings (SSSR count). The fourth-order valence-electron chi connectivity index (χ4n) is 1.52. The molecule has 0 spiro atoms. The Kier molecular flexibility index (Phi) is 3.52. The van der Waals surface area contributed by atoms with Crippen LogP contribution >= 0.6 is 15.9 Å². The quantitative estimate of drug-likeness (QED) is 0.938. The van der Waals surface area contributed by atoms with E-state index in [2.05, 4.69) is 21.2 Å². The van der Waals surface area contributed by atoms with Crippen LogP contribution in [0.25, 0.3) is 11.0 Å². The number of carbonyl (C=O) groups excluding carboxylic acids is 1. The van der Waals surface area contributed by atoms with Gasteiger partial charge >= 0.3 is 0 Å². The Morgan fingerprint density at radius 3 is 2.94 bits per heavy atom. The lowest BCUT2D eigenvalue weighted by Gasteiger charge is -2.08. The molecule has 3 nitrogen and oxygen atoms in total. The smallest absolute Gasteiger partial charge is 0.287 e. The normalized spacial score (nSPS) is 12.6. The molecule has 1 heterocycles. The molecule has 0 radical (unpaired) electrons. The third kappa shape index (κ3) is 2.69. The Labute approximate surface area is 108 Å². The summed E-state index contributed by atoms with van der Waals surface area (Å²) in [6, 6.07) is 7.58. The first-order chi connectivity index (χ1) is 8.10. The van der Waals surface area contributed by atoms with E-state index in [-0.39, 0.29) is 11.9 Å². The lowest BCUT2D eigenvalue weighted by Crippen LogP contribution is -2.31. The van der Waals surface area contributed by atoms with E-state index in [1.165, 1.54) is 0 Å². The van der Waals surface area contributed by atoms with Crippen LogP contribution in [0.2, 0.25) is 0 Å². The summed E-state index contributed by atoms with van der Waals surface area (Å²) >= 11 is 3.39. The van der Waals surface area contributed by atoms with Gasteiger partial charge in [0.15, 0.2) is 5.76 Å². The van der Waals surface area contributed by atoms with E-state index in [0.717, 1.165) is 21.9 Å². The van der Waals surface area contributed by atoms with Crippen molar-refractivity contribution in [3.8, 4) is 0 Å². The zero-order valence-corrected chi connectivity index (χ0v) is 11.4. The molecular formula is C13H14BrNO2.